The van der Waals surface area contributed by atoms with Crippen LogP contribution in [0.15, 0.2) is 64.3 Å². The third kappa shape index (κ3) is 4.10. The molecule has 166 valence electrons. The quantitative estimate of drug-likeness (QED) is 0.377. The fourth-order valence-corrected chi connectivity index (χ4v) is 5.26. The number of allylic oxidation sites excluding steroid dienone is 3. The predicted octanol–water partition coefficient (Wildman–Crippen LogP) is 4.97. The van der Waals surface area contributed by atoms with E-state index in [1.165, 1.54) is 12.1 Å². The summed E-state index contributed by atoms with van der Waals surface area (Å²) in [5.41, 5.74) is 3.02. The molecule has 1 aromatic heterocycles. The number of rotatable bonds is 6. The Hall–Kier alpha value is -3.26. The maximum atomic E-state index is 13.4. The van der Waals surface area contributed by atoms with E-state index in [1.54, 1.807) is 23.5 Å². The largest absolute Gasteiger partial charge is 0.462 e. The lowest BCUT2D eigenvalue weighted by molar-refractivity contribution is -0.384. The van der Waals surface area contributed by atoms with E-state index in [2.05, 4.69) is 5.32 Å². The smallest absolute Gasteiger partial charge is 0.336 e. The van der Waals surface area contributed by atoms with E-state index in [0.717, 1.165) is 10.6 Å². The molecule has 0 amide bonds. The first kappa shape index (κ1) is 22.0. The zero-order chi connectivity index (χ0) is 22.8. The number of nitrogens with zero attached hydrogens (tertiary/aromatic N) is 1. The van der Waals surface area contributed by atoms with Gasteiger partial charge in [0.15, 0.2) is 5.78 Å². The van der Waals surface area contributed by atoms with E-state index in [0.29, 0.717) is 41.7 Å². The molecule has 8 heteroatoms. The number of nitrogens with one attached hydrogen (secondary N) is 1. The summed E-state index contributed by atoms with van der Waals surface area (Å²) in [4.78, 5) is 38.2. The number of esters is 1. The Balaban J connectivity index is 1.78. The second-order valence-corrected chi connectivity index (χ2v) is 9.00. The van der Waals surface area contributed by atoms with Crippen LogP contribution in [-0.4, -0.2) is 23.3 Å². The van der Waals surface area contributed by atoms with Gasteiger partial charge in [-0.2, -0.15) is 0 Å². The van der Waals surface area contributed by atoms with Crippen LogP contribution in [0.3, 0.4) is 0 Å². The van der Waals surface area contributed by atoms with Crippen LogP contribution in [0.1, 0.15) is 55.4 Å². The van der Waals surface area contributed by atoms with Gasteiger partial charge in [-0.1, -0.05) is 25.1 Å². The molecule has 2 atom stereocenters. The van der Waals surface area contributed by atoms with Crippen LogP contribution >= 0.6 is 11.3 Å². The standard InChI is InChI=1S/C24H24N2O5S/c1-3-10-31-24(28)21-14(2)25-18-12-16(20-5-4-11-32-20)13-19(27)23(18)22(21)15-6-8-17(9-7-15)26(29)30/h4-9,11,16,22,25H,3,10,12-13H2,1-2H3/t16-,22-/m1/s1. The molecule has 1 N–H and O–H groups in total. The summed E-state index contributed by atoms with van der Waals surface area (Å²) < 4.78 is 5.43. The maximum absolute atomic E-state index is 13.4. The molecular formula is C24H24N2O5S. The lowest BCUT2D eigenvalue weighted by Gasteiger charge is -2.36. The van der Waals surface area contributed by atoms with Crippen molar-refractivity contribution < 1.29 is 19.2 Å². The van der Waals surface area contributed by atoms with E-state index in [-0.39, 0.29) is 24.0 Å². The van der Waals surface area contributed by atoms with Crippen molar-refractivity contribution in [2.45, 2.75) is 44.9 Å². The lowest BCUT2D eigenvalue weighted by Crippen LogP contribution is -2.36. The second kappa shape index (κ2) is 9.08. The molecule has 2 aliphatic rings. The maximum Gasteiger partial charge on any atom is 0.336 e. The Labute approximate surface area is 189 Å². The van der Waals surface area contributed by atoms with Crippen LogP contribution in [0.2, 0.25) is 0 Å². The molecule has 32 heavy (non-hydrogen) atoms. The molecule has 1 aliphatic heterocycles. The van der Waals surface area contributed by atoms with Gasteiger partial charge in [-0.15, -0.1) is 11.3 Å². The number of hydrogen-bond acceptors (Lipinski definition) is 7. The summed E-state index contributed by atoms with van der Waals surface area (Å²) in [7, 11) is 0. The summed E-state index contributed by atoms with van der Waals surface area (Å²) in [6.45, 7) is 4.00. The summed E-state index contributed by atoms with van der Waals surface area (Å²) in [5.74, 6) is -1.02. The SMILES string of the molecule is CCCOC(=O)C1=C(C)NC2=C(C(=O)C[C@H](c3cccs3)C2)[C@@H]1c1ccc([N+](=O)[O-])cc1. The van der Waals surface area contributed by atoms with Crippen molar-refractivity contribution in [3.8, 4) is 0 Å². The molecule has 0 fully saturated rings. The van der Waals surface area contributed by atoms with E-state index < -0.39 is 16.8 Å². The van der Waals surface area contributed by atoms with Gasteiger partial charge < -0.3 is 10.1 Å². The van der Waals surface area contributed by atoms with E-state index in [9.17, 15) is 19.7 Å². The highest BCUT2D eigenvalue weighted by atomic mass is 32.1. The molecular weight excluding hydrogens is 428 g/mol. The molecule has 0 saturated heterocycles. The fourth-order valence-electron chi connectivity index (χ4n) is 4.43. The van der Waals surface area contributed by atoms with Gasteiger partial charge in [0, 0.05) is 52.2 Å². The van der Waals surface area contributed by atoms with Gasteiger partial charge in [-0.25, -0.2) is 4.79 Å². The Kier molecular flexibility index (Phi) is 6.23. The molecule has 0 spiro atoms. The molecule has 1 aromatic carbocycles. The van der Waals surface area contributed by atoms with Gasteiger partial charge in [-0.05, 0) is 36.8 Å². The first-order chi connectivity index (χ1) is 15.4. The average Bonchev–Trinajstić information content (AvgIpc) is 3.31. The number of ketones is 1. The van der Waals surface area contributed by atoms with E-state index in [4.69, 9.17) is 4.74 Å². The number of carbonyl (C=O) groups is 2. The number of non-ortho nitro benzene ring substituents is 1. The number of Topliss-reactive ketones (excluding diaryl/α,β-unsaturated/α-hetero) is 1. The first-order valence-electron chi connectivity index (χ1n) is 10.6. The summed E-state index contributed by atoms with van der Waals surface area (Å²) in [6.07, 6.45) is 1.71. The molecule has 0 bridgehead atoms. The van der Waals surface area contributed by atoms with Gasteiger partial charge in [0.25, 0.3) is 5.69 Å². The monoisotopic (exact) mass is 452 g/mol. The Morgan fingerprint density at radius 1 is 1.25 bits per heavy atom. The van der Waals surface area contributed by atoms with Crippen molar-refractivity contribution in [1.82, 2.24) is 5.32 Å². The summed E-state index contributed by atoms with van der Waals surface area (Å²) in [5, 5.41) is 16.4. The zero-order valence-electron chi connectivity index (χ0n) is 17.9. The third-order valence-corrected chi connectivity index (χ3v) is 6.90. The fraction of sp³-hybridized carbons (Fsp3) is 0.333. The molecule has 2 aromatic rings. The lowest BCUT2D eigenvalue weighted by atomic mass is 9.72. The summed E-state index contributed by atoms with van der Waals surface area (Å²) in [6, 6.07) is 10.1. The van der Waals surface area contributed by atoms with Crippen LogP contribution in [0.25, 0.3) is 0 Å². The number of thiophene rings is 1. The zero-order valence-corrected chi connectivity index (χ0v) is 18.7. The van der Waals surface area contributed by atoms with Crippen LogP contribution in [0.4, 0.5) is 5.69 Å². The van der Waals surface area contributed by atoms with Gasteiger partial charge in [-0.3, -0.25) is 14.9 Å². The Bertz CT molecular complexity index is 1120. The average molecular weight is 453 g/mol. The van der Waals surface area contributed by atoms with Crippen molar-refractivity contribution in [1.29, 1.82) is 0 Å². The van der Waals surface area contributed by atoms with Gasteiger partial charge in [0.1, 0.15) is 0 Å². The van der Waals surface area contributed by atoms with Crippen molar-refractivity contribution in [3.05, 3.63) is 84.9 Å². The summed E-state index contributed by atoms with van der Waals surface area (Å²) >= 11 is 1.64. The van der Waals surface area contributed by atoms with Gasteiger partial charge in [0.05, 0.1) is 17.1 Å². The molecule has 7 nitrogen and oxygen atoms in total. The number of carbonyl (C=O) groups excluding carboxylic acids is 2. The van der Waals surface area contributed by atoms with Crippen molar-refractivity contribution >= 4 is 28.8 Å². The number of ether oxygens (including phenoxy) is 1. The second-order valence-electron chi connectivity index (χ2n) is 8.02. The highest BCUT2D eigenvalue weighted by Gasteiger charge is 2.41. The minimum Gasteiger partial charge on any atom is -0.462 e. The van der Waals surface area contributed by atoms with E-state index >= 15 is 0 Å². The van der Waals surface area contributed by atoms with Gasteiger partial charge >= 0.3 is 5.97 Å². The number of benzene rings is 1. The Morgan fingerprint density at radius 3 is 2.62 bits per heavy atom. The molecule has 4 rings (SSSR count). The molecule has 0 radical (unpaired) electrons. The Morgan fingerprint density at radius 2 is 2.00 bits per heavy atom. The molecule has 0 saturated carbocycles. The molecule has 1 aliphatic carbocycles. The number of hydrogen-bond donors (Lipinski definition) is 1. The number of nitro groups is 1. The van der Waals surface area contributed by atoms with Crippen LogP contribution in [0.5, 0.6) is 0 Å². The minimum absolute atomic E-state index is 0.0196. The molecule has 2 heterocycles. The van der Waals surface area contributed by atoms with Crippen LogP contribution in [-0.2, 0) is 14.3 Å². The first-order valence-corrected chi connectivity index (χ1v) is 11.5. The van der Waals surface area contributed by atoms with Crippen molar-refractivity contribution in [3.63, 3.8) is 0 Å². The molecule has 0 unspecified atom stereocenters. The van der Waals surface area contributed by atoms with Crippen LogP contribution < -0.4 is 5.32 Å². The highest BCUT2D eigenvalue weighted by molar-refractivity contribution is 7.10. The highest BCUT2D eigenvalue weighted by Crippen LogP contribution is 2.46. The number of nitro benzene ring substituents is 1. The topological polar surface area (TPSA) is 98.5 Å². The van der Waals surface area contributed by atoms with E-state index in [1.807, 2.05) is 31.4 Å². The normalized spacial score (nSPS) is 20.6. The minimum atomic E-state index is -0.617. The van der Waals surface area contributed by atoms with Crippen molar-refractivity contribution in [2.75, 3.05) is 6.61 Å². The predicted molar refractivity (Wildman–Crippen MR) is 121 cm³/mol. The van der Waals surface area contributed by atoms with Crippen LogP contribution in [0, 0.1) is 10.1 Å². The number of dihydropyridines is 1. The third-order valence-electron chi connectivity index (χ3n) is 5.87. The van der Waals surface area contributed by atoms with Crippen molar-refractivity contribution in [2.24, 2.45) is 0 Å². The van der Waals surface area contributed by atoms with Gasteiger partial charge in [0.2, 0.25) is 0 Å².